The third-order valence-electron chi connectivity index (χ3n) is 5.62. The van der Waals surface area contributed by atoms with E-state index in [0.717, 1.165) is 28.0 Å². The first-order chi connectivity index (χ1) is 15.1. The van der Waals surface area contributed by atoms with Crippen molar-refractivity contribution in [3.8, 4) is 11.4 Å². The van der Waals surface area contributed by atoms with Crippen LogP contribution in [0, 0.1) is 6.92 Å². The van der Waals surface area contributed by atoms with Crippen molar-refractivity contribution in [2.45, 2.75) is 44.6 Å². The molecule has 0 saturated carbocycles. The topological polar surface area (TPSA) is 64.0 Å². The highest BCUT2D eigenvalue weighted by Gasteiger charge is 2.18. The Labute approximate surface area is 190 Å². The van der Waals surface area contributed by atoms with E-state index in [-0.39, 0.29) is 16.9 Å². The normalized spacial score (nSPS) is 12.4. The summed E-state index contributed by atoms with van der Waals surface area (Å²) in [5.41, 5.74) is 5.14. The molecule has 0 fully saturated rings. The van der Waals surface area contributed by atoms with Gasteiger partial charge in [0.15, 0.2) is 0 Å². The van der Waals surface area contributed by atoms with Gasteiger partial charge < -0.3 is 4.57 Å². The Bertz CT molecular complexity index is 1330. The molecule has 0 aliphatic rings. The predicted molar refractivity (Wildman–Crippen MR) is 130 cm³/mol. The van der Waals surface area contributed by atoms with Gasteiger partial charge in [0.1, 0.15) is 5.82 Å². The smallest absolute Gasteiger partial charge is 0.240 e. The Balaban J connectivity index is 1.56. The van der Waals surface area contributed by atoms with Gasteiger partial charge >= 0.3 is 0 Å². The Morgan fingerprint density at radius 3 is 2.22 bits per heavy atom. The van der Waals surface area contributed by atoms with E-state index >= 15 is 0 Å². The minimum atomic E-state index is -3.60. The maximum absolute atomic E-state index is 12.8. The lowest BCUT2D eigenvalue weighted by atomic mass is 9.87. The molecule has 32 heavy (non-hydrogen) atoms. The highest BCUT2D eigenvalue weighted by Crippen LogP contribution is 2.26. The van der Waals surface area contributed by atoms with Crippen LogP contribution in [0.3, 0.4) is 0 Å². The summed E-state index contributed by atoms with van der Waals surface area (Å²) in [5.74, 6) is 0.833. The first-order valence-corrected chi connectivity index (χ1v) is 12.3. The van der Waals surface area contributed by atoms with E-state index in [1.807, 2.05) is 48.5 Å². The fraction of sp³-hybridized carbons (Fsp3) is 0.269. The van der Waals surface area contributed by atoms with Gasteiger partial charge in [0.25, 0.3) is 0 Å². The second-order valence-electron chi connectivity index (χ2n) is 9.11. The van der Waals surface area contributed by atoms with E-state index in [9.17, 15) is 8.42 Å². The average molecular weight is 448 g/mol. The number of hydrogen-bond acceptors (Lipinski definition) is 3. The summed E-state index contributed by atoms with van der Waals surface area (Å²) >= 11 is 0. The second kappa shape index (κ2) is 8.52. The molecule has 1 N–H and O–H groups in total. The molecule has 0 bridgehead atoms. The summed E-state index contributed by atoms with van der Waals surface area (Å²) in [7, 11) is -3.60. The van der Waals surface area contributed by atoms with Crippen LogP contribution in [0.2, 0.25) is 0 Å². The summed E-state index contributed by atoms with van der Waals surface area (Å²) in [6, 6.07) is 23.3. The molecule has 5 nitrogen and oxygen atoms in total. The van der Waals surface area contributed by atoms with Crippen molar-refractivity contribution < 1.29 is 8.42 Å². The first-order valence-electron chi connectivity index (χ1n) is 10.8. The van der Waals surface area contributed by atoms with Gasteiger partial charge in [-0.1, -0.05) is 74.9 Å². The fourth-order valence-corrected chi connectivity index (χ4v) is 4.76. The molecular weight excluding hydrogens is 418 g/mol. The standard InChI is InChI=1S/C26H29N3O2S/c1-19-9-11-20(12-10-19)25-28-23-7-5-6-8-24(23)29(25)18-17-27-32(30,31)22-15-13-21(14-16-22)26(2,3)4/h5-16,27H,17-18H2,1-4H3. The zero-order chi connectivity index (χ0) is 22.9. The monoisotopic (exact) mass is 447 g/mol. The van der Waals surface area contributed by atoms with Crippen LogP contribution in [-0.4, -0.2) is 24.5 Å². The number of sulfonamides is 1. The predicted octanol–water partition coefficient (Wildman–Crippen LogP) is 5.29. The van der Waals surface area contributed by atoms with Crippen molar-refractivity contribution in [3.05, 3.63) is 83.9 Å². The van der Waals surface area contributed by atoms with Crippen LogP contribution in [-0.2, 0) is 22.0 Å². The number of nitrogens with one attached hydrogen (secondary N) is 1. The number of nitrogens with zero attached hydrogens (tertiary/aromatic N) is 2. The third-order valence-corrected chi connectivity index (χ3v) is 7.10. The van der Waals surface area contributed by atoms with Crippen LogP contribution in [0.25, 0.3) is 22.4 Å². The maximum Gasteiger partial charge on any atom is 0.240 e. The molecule has 0 aliphatic heterocycles. The van der Waals surface area contributed by atoms with Gasteiger partial charge in [-0.25, -0.2) is 18.1 Å². The van der Waals surface area contributed by atoms with Gasteiger partial charge in [0.05, 0.1) is 15.9 Å². The van der Waals surface area contributed by atoms with Gasteiger partial charge in [-0.15, -0.1) is 0 Å². The van der Waals surface area contributed by atoms with Crippen LogP contribution in [0.4, 0.5) is 0 Å². The van der Waals surface area contributed by atoms with E-state index in [4.69, 9.17) is 4.98 Å². The van der Waals surface area contributed by atoms with E-state index in [1.54, 1.807) is 12.1 Å². The Morgan fingerprint density at radius 2 is 1.56 bits per heavy atom. The van der Waals surface area contributed by atoms with Crippen molar-refractivity contribution in [3.63, 3.8) is 0 Å². The fourth-order valence-electron chi connectivity index (χ4n) is 3.73. The van der Waals surface area contributed by atoms with Gasteiger partial charge in [0.2, 0.25) is 10.0 Å². The van der Waals surface area contributed by atoms with Crippen LogP contribution in [0.15, 0.2) is 77.7 Å². The molecule has 0 saturated heterocycles. The maximum atomic E-state index is 12.8. The number of fused-ring (bicyclic) bond motifs is 1. The summed E-state index contributed by atoms with van der Waals surface area (Å²) in [4.78, 5) is 5.08. The molecule has 6 heteroatoms. The molecule has 166 valence electrons. The minimum absolute atomic E-state index is 0.0232. The van der Waals surface area contributed by atoms with Crippen LogP contribution in [0.1, 0.15) is 31.9 Å². The van der Waals surface area contributed by atoms with Crippen molar-refractivity contribution in [2.75, 3.05) is 6.54 Å². The molecule has 0 amide bonds. The Kier molecular flexibility index (Phi) is 5.93. The van der Waals surface area contributed by atoms with Gasteiger partial charge in [0, 0.05) is 18.7 Å². The SMILES string of the molecule is Cc1ccc(-c2nc3ccccc3n2CCNS(=O)(=O)c2ccc(C(C)(C)C)cc2)cc1. The molecule has 0 radical (unpaired) electrons. The zero-order valence-corrected chi connectivity index (χ0v) is 19.8. The molecule has 0 spiro atoms. The lowest BCUT2D eigenvalue weighted by Crippen LogP contribution is -2.27. The molecular formula is C26H29N3O2S. The summed E-state index contributed by atoms with van der Waals surface area (Å²) < 4.78 is 30.5. The minimum Gasteiger partial charge on any atom is -0.323 e. The van der Waals surface area contributed by atoms with Gasteiger partial charge in [-0.3, -0.25) is 0 Å². The summed E-state index contributed by atoms with van der Waals surface area (Å²) in [5, 5.41) is 0. The molecule has 0 atom stereocenters. The van der Waals surface area contributed by atoms with Crippen molar-refractivity contribution in [2.24, 2.45) is 0 Å². The number of hydrogen-bond donors (Lipinski definition) is 1. The third kappa shape index (κ3) is 4.61. The van der Waals surface area contributed by atoms with Gasteiger partial charge in [-0.2, -0.15) is 0 Å². The molecule has 4 rings (SSSR count). The highest BCUT2D eigenvalue weighted by molar-refractivity contribution is 7.89. The zero-order valence-electron chi connectivity index (χ0n) is 19.0. The number of benzene rings is 3. The van der Waals surface area contributed by atoms with Crippen molar-refractivity contribution in [1.82, 2.24) is 14.3 Å². The van der Waals surface area contributed by atoms with E-state index in [0.29, 0.717) is 6.54 Å². The molecule has 0 aliphatic carbocycles. The number of aromatic nitrogens is 2. The number of para-hydroxylation sites is 2. The quantitative estimate of drug-likeness (QED) is 0.437. The number of aryl methyl sites for hydroxylation is 1. The van der Waals surface area contributed by atoms with Gasteiger partial charge in [-0.05, 0) is 42.2 Å². The lowest BCUT2D eigenvalue weighted by molar-refractivity contribution is 0.572. The average Bonchev–Trinajstić information content (AvgIpc) is 3.12. The molecule has 1 aromatic heterocycles. The van der Waals surface area contributed by atoms with Crippen molar-refractivity contribution >= 4 is 21.1 Å². The number of rotatable bonds is 6. The van der Waals surface area contributed by atoms with Crippen molar-refractivity contribution in [1.29, 1.82) is 0 Å². The highest BCUT2D eigenvalue weighted by atomic mass is 32.2. The van der Waals surface area contributed by atoms with Crippen LogP contribution >= 0.6 is 0 Å². The second-order valence-corrected chi connectivity index (χ2v) is 10.9. The first kappa shape index (κ1) is 22.2. The van der Waals surface area contributed by atoms with E-state index < -0.39 is 10.0 Å². The molecule has 3 aromatic carbocycles. The molecule has 1 heterocycles. The van der Waals surface area contributed by atoms with E-state index in [1.165, 1.54) is 5.56 Å². The molecule has 4 aromatic rings. The Morgan fingerprint density at radius 1 is 0.906 bits per heavy atom. The molecule has 0 unspecified atom stereocenters. The van der Waals surface area contributed by atoms with E-state index in [2.05, 4.69) is 49.1 Å². The summed E-state index contributed by atoms with van der Waals surface area (Å²) in [6.45, 7) is 9.11. The van der Waals surface area contributed by atoms with Crippen LogP contribution in [0.5, 0.6) is 0 Å². The number of imidazole rings is 1. The Hall–Kier alpha value is -2.96. The largest absolute Gasteiger partial charge is 0.323 e. The lowest BCUT2D eigenvalue weighted by Gasteiger charge is -2.19. The summed E-state index contributed by atoms with van der Waals surface area (Å²) in [6.07, 6.45) is 0. The van der Waals surface area contributed by atoms with Crippen LogP contribution < -0.4 is 4.72 Å².